The minimum atomic E-state index is -4.05. The van der Waals surface area contributed by atoms with Gasteiger partial charge in [-0.1, -0.05) is 22.8 Å². The van der Waals surface area contributed by atoms with Crippen LogP contribution in [0.3, 0.4) is 0 Å². The molecule has 14 heteroatoms. The van der Waals surface area contributed by atoms with Crippen molar-refractivity contribution in [2.45, 2.75) is 4.90 Å². The lowest BCUT2D eigenvalue weighted by Crippen LogP contribution is -2.35. The average molecular weight is 550 g/mol. The van der Waals surface area contributed by atoms with E-state index >= 15 is 4.39 Å². The standard InChI is InChI=1S/C23H18ClF2N5O5S/c1-27-23(32)31(22-6-4-14(12-28-22)37(33,34)30-21-7-8-36-29-21)19-11-18(26)15(10-20(19)35-2)13-3-5-17(25)16(24)9-13/h3-12H,1-2H3,(H,27,32)(H,29,30). The highest BCUT2D eigenvalue weighted by molar-refractivity contribution is 7.92. The van der Waals surface area contributed by atoms with Crippen molar-refractivity contribution in [2.75, 3.05) is 23.8 Å². The molecule has 192 valence electrons. The molecule has 4 rings (SSSR count). The number of amides is 2. The zero-order valence-corrected chi connectivity index (χ0v) is 20.8. The molecule has 0 aliphatic rings. The normalized spacial score (nSPS) is 11.2. The third kappa shape index (κ3) is 5.32. The maximum Gasteiger partial charge on any atom is 0.327 e. The number of rotatable bonds is 7. The van der Waals surface area contributed by atoms with E-state index in [9.17, 15) is 17.6 Å². The van der Waals surface area contributed by atoms with Crippen LogP contribution in [0.4, 0.5) is 30.9 Å². The molecule has 0 aliphatic carbocycles. The second kappa shape index (κ2) is 10.4. The largest absolute Gasteiger partial charge is 0.495 e. The second-order valence-corrected chi connectivity index (χ2v) is 9.46. The number of carbonyl (C=O) groups excluding carboxylic acids is 1. The lowest BCUT2D eigenvalue weighted by molar-refractivity contribution is 0.250. The number of nitrogens with zero attached hydrogens (tertiary/aromatic N) is 3. The van der Waals surface area contributed by atoms with Gasteiger partial charge in [0, 0.05) is 30.9 Å². The molecule has 0 saturated heterocycles. The highest BCUT2D eigenvalue weighted by Crippen LogP contribution is 2.39. The number of aromatic nitrogens is 2. The van der Waals surface area contributed by atoms with Gasteiger partial charge >= 0.3 is 6.03 Å². The van der Waals surface area contributed by atoms with E-state index in [4.69, 9.17) is 16.3 Å². The highest BCUT2D eigenvalue weighted by Gasteiger charge is 2.26. The van der Waals surface area contributed by atoms with E-state index in [1.165, 1.54) is 56.8 Å². The Labute approximate surface area is 214 Å². The molecule has 4 aromatic rings. The molecule has 2 N–H and O–H groups in total. The molecule has 2 aromatic carbocycles. The Kier molecular flexibility index (Phi) is 7.27. The van der Waals surface area contributed by atoms with Gasteiger partial charge in [0.2, 0.25) is 0 Å². The molecule has 37 heavy (non-hydrogen) atoms. The summed E-state index contributed by atoms with van der Waals surface area (Å²) in [5.41, 5.74) is 0.306. The number of methoxy groups -OCH3 is 1. The average Bonchev–Trinajstić information content (AvgIpc) is 3.38. The predicted molar refractivity (Wildman–Crippen MR) is 131 cm³/mol. The molecule has 0 fully saturated rings. The topological polar surface area (TPSA) is 127 Å². The van der Waals surface area contributed by atoms with E-state index in [-0.39, 0.29) is 44.1 Å². The van der Waals surface area contributed by atoms with E-state index in [0.717, 1.165) is 23.2 Å². The molecule has 2 heterocycles. The van der Waals surface area contributed by atoms with Gasteiger partial charge in [0.05, 0.1) is 17.8 Å². The van der Waals surface area contributed by atoms with Gasteiger partial charge in [-0.05, 0) is 35.9 Å². The van der Waals surface area contributed by atoms with Gasteiger partial charge in [-0.2, -0.15) is 0 Å². The summed E-state index contributed by atoms with van der Waals surface area (Å²) < 4.78 is 66.2. The Morgan fingerprint density at radius 2 is 1.89 bits per heavy atom. The van der Waals surface area contributed by atoms with Crippen molar-refractivity contribution < 1.29 is 31.3 Å². The Bertz CT molecular complexity index is 1550. The maximum atomic E-state index is 15.3. The van der Waals surface area contributed by atoms with Crippen LogP contribution in [0.1, 0.15) is 0 Å². The van der Waals surface area contributed by atoms with Crippen LogP contribution in [0, 0.1) is 11.6 Å². The number of ether oxygens (including phenoxy) is 1. The van der Waals surface area contributed by atoms with Gasteiger partial charge in [0.15, 0.2) is 5.82 Å². The van der Waals surface area contributed by atoms with E-state index in [1.54, 1.807) is 0 Å². The zero-order valence-electron chi connectivity index (χ0n) is 19.2. The Hall–Kier alpha value is -4.23. The van der Waals surface area contributed by atoms with Crippen LogP contribution in [0.25, 0.3) is 11.1 Å². The van der Waals surface area contributed by atoms with Gasteiger partial charge in [0.25, 0.3) is 10.0 Å². The summed E-state index contributed by atoms with van der Waals surface area (Å²) in [7, 11) is -1.38. The Balaban J connectivity index is 1.75. The Morgan fingerprint density at radius 3 is 2.49 bits per heavy atom. The molecule has 0 spiro atoms. The lowest BCUT2D eigenvalue weighted by atomic mass is 10.0. The van der Waals surface area contributed by atoms with Crippen molar-refractivity contribution in [1.29, 1.82) is 0 Å². The first-order valence-corrected chi connectivity index (χ1v) is 12.2. The van der Waals surface area contributed by atoms with Crippen LogP contribution in [-0.4, -0.2) is 38.7 Å². The lowest BCUT2D eigenvalue weighted by Gasteiger charge is -2.24. The second-order valence-electron chi connectivity index (χ2n) is 7.37. The van der Waals surface area contributed by atoms with E-state index in [0.29, 0.717) is 0 Å². The number of carbonyl (C=O) groups is 1. The number of pyridine rings is 1. The van der Waals surface area contributed by atoms with Crippen molar-refractivity contribution in [3.63, 3.8) is 0 Å². The fourth-order valence-corrected chi connectivity index (χ4v) is 4.46. The predicted octanol–water partition coefficient (Wildman–Crippen LogP) is 4.96. The minimum absolute atomic E-state index is 0.0277. The summed E-state index contributed by atoms with van der Waals surface area (Å²) in [6.45, 7) is 0. The number of anilines is 3. The summed E-state index contributed by atoms with van der Waals surface area (Å²) >= 11 is 5.84. The number of benzene rings is 2. The summed E-state index contributed by atoms with van der Waals surface area (Å²) in [6.07, 6.45) is 2.22. The molecular formula is C23H18ClF2N5O5S. The van der Waals surface area contributed by atoms with E-state index in [1.807, 2.05) is 0 Å². The van der Waals surface area contributed by atoms with Crippen LogP contribution in [0.2, 0.25) is 5.02 Å². The third-order valence-electron chi connectivity index (χ3n) is 5.09. The molecule has 0 aliphatic heterocycles. The third-order valence-corrected chi connectivity index (χ3v) is 6.72. The van der Waals surface area contributed by atoms with Crippen molar-refractivity contribution in [3.8, 4) is 16.9 Å². The number of nitrogens with one attached hydrogen (secondary N) is 2. The van der Waals surface area contributed by atoms with Gasteiger partial charge in [0.1, 0.15) is 34.4 Å². The molecule has 2 amide bonds. The smallest absolute Gasteiger partial charge is 0.327 e. The van der Waals surface area contributed by atoms with Crippen molar-refractivity contribution in [3.05, 3.63) is 77.6 Å². The van der Waals surface area contributed by atoms with E-state index < -0.39 is 27.7 Å². The van der Waals surface area contributed by atoms with Crippen LogP contribution < -0.4 is 19.7 Å². The summed E-state index contributed by atoms with van der Waals surface area (Å²) in [6, 6.07) is 9.16. The Morgan fingerprint density at radius 1 is 1.11 bits per heavy atom. The highest BCUT2D eigenvalue weighted by atomic mass is 35.5. The number of hydrogen-bond donors (Lipinski definition) is 2. The van der Waals surface area contributed by atoms with Crippen LogP contribution >= 0.6 is 11.6 Å². The van der Waals surface area contributed by atoms with Crippen LogP contribution in [0.5, 0.6) is 5.75 Å². The number of urea groups is 1. The summed E-state index contributed by atoms with van der Waals surface area (Å²) in [5, 5.41) is 5.73. The van der Waals surface area contributed by atoms with E-state index in [2.05, 4.69) is 24.7 Å². The molecule has 0 atom stereocenters. The number of hydrogen-bond acceptors (Lipinski definition) is 7. The molecule has 0 bridgehead atoms. The summed E-state index contributed by atoms with van der Waals surface area (Å²) in [4.78, 5) is 17.7. The molecule has 0 radical (unpaired) electrons. The zero-order chi connectivity index (χ0) is 26.7. The van der Waals surface area contributed by atoms with Gasteiger partial charge in [-0.3, -0.25) is 4.72 Å². The van der Waals surface area contributed by atoms with Gasteiger partial charge in [-0.15, -0.1) is 0 Å². The SMILES string of the molecule is CNC(=O)N(c1ccc(S(=O)(=O)Nc2ccon2)cn1)c1cc(F)c(-c2ccc(F)c(Cl)c2)cc1OC. The maximum absolute atomic E-state index is 15.3. The first-order valence-electron chi connectivity index (χ1n) is 10.4. The molecular weight excluding hydrogens is 532 g/mol. The molecule has 0 unspecified atom stereocenters. The van der Waals surface area contributed by atoms with Crippen molar-refractivity contribution in [2.24, 2.45) is 0 Å². The van der Waals surface area contributed by atoms with Crippen molar-refractivity contribution >= 4 is 45.0 Å². The molecule has 0 saturated carbocycles. The quantitative estimate of drug-likeness (QED) is 0.334. The molecule has 10 nitrogen and oxygen atoms in total. The first-order chi connectivity index (χ1) is 17.6. The fourth-order valence-electron chi connectivity index (χ4n) is 3.34. The van der Waals surface area contributed by atoms with Crippen LogP contribution in [-0.2, 0) is 10.0 Å². The van der Waals surface area contributed by atoms with Crippen LogP contribution in [0.15, 0.2) is 70.4 Å². The van der Waals surface area contributed by atoms with Gasteiger partial charge < -0.3 is 14.6 Å². The minimum Gasteiger partial charge on any atom is -0.495 e. The molecule has 2 aromatic heterocycles. The number of sulfonamides is 1. The number of halogens is 3. The monoisotopic (exact) mass is 549 g/mol. The summed E-state index contributed by atoms with van der Waals surface area (Å²) in [5.74, 6) is -1.41. The van der Waals surface area contributed by atoms with Crippen molar-refractivity contribution in [1.82, 2.24) is 15.5 Å². The van der Waals surface area contributed by atoms with Gasteiger partial charge in [-0.25, -0.2) is 31.9 Å². The first kappa shape index (κ1) is 25.9. The fraction of sp³-hybridized carbons (Fsp3) is 0.0870.